The second kappa shape index (κ2) is 7.73. The van der Waals surface area contributed by atoms with Crippen LogP contribution in [0.1, 0.15) is 61.3 Å². The van der Waals surface area contributed by atoms with Gasteiger partial charge in [0.05, 0.1) is 30.1 Å². The lowest BCUT2D eigenvalue weighted by Crippen LogP contribution is -2.60. The topological polar surface area (TPSA) is 108 Å². The van der Waals surface area contributed by atoms with Crippen LogP contribution >= 0.6 is 0 Å². The molecule has 7 atom stereocenters. The fourth-order valence-electron chi connectivity index (χ4n) is 6.18. The van der Waals surface area contributed by atoms with Crippen molar-refractivity contribution in [2.24, 2.45) is 23.7 Å². The third-order valence-corrected chi connectivity index (χ3v) is 7.38. The maximum atomic E-state index is 13.9. The van der Waals surface area contributed by atoms with Gasteiger partial charge in [0.2, 0.25) is 17.7 Å². The smallest absolute Gasteiger partial charge is 0.246 e. The third-order valence-electron chi connectivity index (χ3n) is 7.38. The van der Waals surface area contributed by atoms with E-state index >= 15 is 0 Å². The lowest BCUT2D eigenvalue weighted by molar-refractivity contribution is -0.151. The van der Waals surface area contributed by atoms with Crippen LogP contribution in [0.25, 0.3) is 0 Å². The van der Waals surface area contributed by atoms with Crippen LogP contribution in [-0.4, -0.2) is 70.2 Å². The Morgan fingerprint density at radius 2 is 1.90 bits per heavy atom. The number of amides is 3. The van der Waals surface area contributed by atoms with Gasteiger partial charge in [-0.2, -0.15) is 0 Å². The van der Waals surface area contributed by atoms with Gasteiger partial charge in [-0.05, 0) is 52.4 Å². The normalized spacial score (nSPS) is 37.9. The Morgan fingerprint density at radius 1 is 1.29 bits per heavy atom. The lowest BCUT2D eigenvalue weighted by atomic mass is 9.62. The number of carbonyl (C=O) groups excluding carboxylic acids is 3. The Kier molecular flexibility index (Phi) is 5.98. The van der Waals surface area contributed by atoms with Crippen molar-refractivity contribution in [2.45, 2.75) is 90.1 Å². The molecule has 3 fully saturated rings. The quantitative estimate of drug-likeness (QED) is 0.576. The van der Waals surface area contributed by atoms with E-state index in [9.17, 15) is 19.5 Å². The molecule has 176 valence electrons. The van der Waals surface area contributed by atoms with Gasteiger partial charge in [-0.15, -0.1) is 0 Å². The number of fused-ring (bicyclic) bond motifs is 1. The maximum absolute atomic E-state index is 13.9. The average molecular weight is 438 g/mol. The number of carbonyl (C=O) groups is 3. The highest BCUT2D eigenvalue weighted by Gasteiger charge is 2.80. The minimum Gasteiger partial charge on any atom is -0.394 e. The highest BCUT2D eigenvalue weighted by molar-refractivity contribution is 5.99. The first kappa shape index (κ1) is 24.0. The third kappa shape index (κ3) is 3.55. The number of nitrogens with one attached hydrogen (secondary N) is 2. The summed E-state index contributed by atoms with van der Waals surface area (Å²) in [6.45, 7) is 13.4. The number of nitrogens with zero attached hydrogens (tertiary/aromatic N) is 1. The first-order valence-corrected chi connectivity index (χ1v) is 11.4. The fourth-order valence-corrected chi connectivity index (χ4v) is 6.18. The Balaban J connectivity index is 2.15. The van der Waals surface area contributed by atoms with Crippen LogP contribution in [0.4, 0.5) is 0 Å². The highest BCUT2D eigenvalue weighted by Crippen LogP contribution is 2.65. The van der Waals surface area contributed by atoms with E-state index in [4.69, 9.17) is 4.74 Å². The standard InChI is InChI=1S/C23H39N3O5/c1-12(2)9-14(11-27)26-17(19(29)25-21(4,5)6)23-10-13(3)22(7,31-23)15(18(28)24-8)16(23)20(26)30/h12-17,27H,9-11H2,1-8H3,(H,24,28)(H,25,29)/t13?,14-,15+,16+,17?,22-,23?/m1/s1. The molecule has 8 nitrogen and oxygen atoms in total. The molecule has 0 saturated carbocycles. The molecule has 0 aromatic carbocycles. The minimum absolute atomic E-state index is 0.00131. The summed E-state index contributed by atoms with van der Waals surface area (Å²) in [5.74, 6) is -2.00. The van der Waals surface area contributed by atoms with Crippen molar-refractivity contribution in [3.05, 3.63) is 0 Å². The number of rotatable bonds is 6. The number of aliphatic hydroxyl groups excluding tert-OH is 1. The summed E-state index contributed by atoms with van der Waals surface area (Å²) in [6, 6.07) is -1.40. The van der Waals surface area contributed by atoms with Gasteiger partial charge in [0.25, 0.3) is 0 Å². The summed E-state index contributed by atoms with van der Waals surface area (Å²) in [7, 11) is 1.56. The molecule has 0 aliphatic carbocycles. The first-order chi connectivity index (χ1) is 14.2. The van der Waals surface area contributed by atoms with E-state index in [1.807, 2.05) is 48.5 Å². The van der Waals surface area contributed by atoms with Crippen molar-refractivity contribution in [3.8, 4) is 0 Å². The largest absolute Gasteiger partial charge is 0.394 e. The fraction of sp³-hybridized carbons (Fsp3) is 0.870. The molecule has 1 spiro atoms. The van der Waals surface area contributed by atoms with Crippen LogP contribution in [0, 0.1) is 23.7 Å². The molecule has 31 heavy (non-hydrogen) atoms. The molecule has 0 aromatic heterocycles. The van der Waals surface area contributed by atoms with Crippen LogP contribution in [-0.2, 0) is 19.1 Å². The van der Waals surface area contributed by atoms with Crippen LogP contribution in [0.2, 0.25) is 0 Å². The molecule has 3 unspecified atom stereocenters. The summed E-state index contributed by atoms with van der Waals surface area (Å²) >= 11 is 0. The molecule has 2 bridgehead atoms. The zero-order chi connectivity index (χ0) is 23.5. The number of hydrogen-bond donors (Lipinski definition) is 3. The molecule has 3 saturated heterocycles. The summed E-state index contributed by atoms with van der Waals surface area (Å²) in [5.41, 5.74) is -2.40. The minimum atomic E-state index is -1.08. The van der Waals surface area contributed by atoms with Crippen LogP contribution < -0.4 is 10.6 Å². The van der Waals surface area contributed by atoms with Crippen LogP contribution in [0.5, 0.6) is 0 Å². The molecule has 3 N–H and O–H groups in total. The predicted molar refractivity (Wildman–Crippen MR) is 116 cm³/mol. The summed E-state index contributed by atoms with van der Waals surface area (Å²) < 4.78 is 6.60. The van der Waals surface area contributed by atoms with Gasteiger partial charge in [0.1, 0.15) is 11.6 Å². The van der Waals surface area contributed by atoms with Crippen molar-refractivity contribution in [3.63, 3.8) is 0 Å². The molecule has 3 amide bonds. The molecule has 3 heterocycles. The van der Waals surface area contributed by atoms with Crippen LogP contribution in [0.15, 0.2) is 0 Å². The molecule has 3 aliphatic rings. The van der Waals surface area contributed by atoms with E-state index in [-0.39, 0.29) is 36.2 Å². The van der Waals surface area contributed by atoms with Crippen LogP contribution in [0.3, 0.4) is 0 Å². The Bertz CT molecular complexity index is 763. The van der Waals surface area contributed by atoms with Gasteiger partial charge in [-0.25, -0.2) is 0 Å². The van der Waals surface area contributed by atoms with Gasteiger partial charge >= 0.3 is 0 Å². The van der Waals surface area contributed by atoms with E-state index in [1.54, 1.807) is 11.9 Å². The predicted octanol–water partition coefficient (Wildman–Crippen LogP) is 1.06. The van der Waals surface area contributed by atoms with Gasteiger partial charge in [-0.1, -0.05) is 20.8 Å². The second-order valence-corrected chi connectivity index (χ2v) is 11.3. The van der Waals surface area contributed by atoms with E-state index in [2.05, 4.69) is 10.6 Å². The Morgan fingerprint density at radius 3 is 2.39 bits per heavy atom. The summed E-state index contributed by atoms with van der Waals surface area (Å²) in [6.07, 6.45) is 1.08. The van der Waals surface area contributed by atoms with E-state index in [0.29, 0.717) is 12.8 Å². The summed E-state index contributed by atoms with van der Waals surface area (Å²) in [4.78, 5) is 42.0. The first-order valence-electron chi connectivity index (χ1n) is 11.4. The van der Waals surface area contributed by atoms with Crippen molar-refractivity contribution < 1.29 is 24.2 Å². The highest BCUT2D eigenvalue weighted by atomic mass is 16.5. The van der Waals surface area contributed by atoms with E-state index < -0.39 is 40.7 Å². The molecule has 3 aliphatic heterocycles. The number of aliphatic hydroxyl groups is 1. The molecule has 3 rings (SSSR count). The summed E-state index contributed by atoms with van der Waals surface area (Å²) in [5, 5.41) is 15.9. The monoisotopic (exact) mass is 437 g/mol. The van der Waals surface area contributed by atoms with Crippen molar-refractivity contribution in [2.75, 3.05) is 13.7 Å². The van der Waals surface area contributed by atoms with Crippen molar-refractivity contribution >= 4 is 17.7 Å². The average Bonchev–Trinajstić information content (AvgIpc) is 3.14. The zero-order valence-electron chi connectivity index (χ0n) is 20.1. The van der Waals surface area contributed by atoms with Crippen molar-refractivity contribution in [1.82, 2.24) is 15.5 Å². The molecular formula is C23H39N3O5. The number of likely N-dealkylation sites (tertiary alicyclic amines) is 1. The lowest BCUT2D eigenvalue weighted by Gasteiger charge is -2.39. The maximum Gasteiger partial charge on any atom is 0.246 e. The zero-order valence-corrected chi connectivity index (χ0v) is 20.1. The molecular weight excluding hydrogens is 398 g/mol. The number of hydrogen-bond acceptors (Lipinski definition) is 5. The molecule has 0 aromatic rings. The van der Waals surface area contributed by atoms with Gasteiger partial charge in [-0.3, -0.25) is 14.4 Å². The van der Waals surface area contributed by atoms with E-state index in [1.165, 1.54) is 0 Å². The Labute approximate surface area is 185 Å². The SMILES string of the molecule is CNC(=O)[C@@H]1[C@H]2C(=O)N([C@@H](CO)CC(C)C)C(C(=O)NC(C)(C)C)C23CC(C)[C@@]1(C)O3. The molecule has 0 radical (unpaired) electrons. The number of ether oxygens (including phenoxy) is 1. The molecule has 8 heteroatoms. The van der Waals surface area contributed by atoms with Gasteiger partial charge in [0, 0.05) is 12.6 Å². The van der Waals surface area contributed by atoms with Crippen molar-refractivity contribution in [1.29, 1.82) is 0 Å². The van der Waals surface area contributed by atoms with E-state index in [0.717, 1.165) is 0 Å². The Hall–Kier alpha value is -1.67. The van der Waals surface area contributed by atoms with Gasteiger partial charge < -0.3 is 25.4 Å². The second-order valence-electron chi connectivity index (χ2n) is 11.3. The van der Waals surface area contributed by atoms with Gasteiger partial charge in [0.15, 0.2) is 0 Å².